The van der Waals surface area contributed by atoms with Gasteiger partial charge in [-0.3, -0.25) is 14.2 Å². The monoisotopic (exact) mass is 375 g/mol. The van der Waals surface area contributed by atoms with Crippen molar-refractivity contribution in [2.45, 2.75) is 25.4 Å². The van der Waals surface area contributed by atoms with Crippen LogP contribution in [0.25, 0.3) is 0 Å². The van der Waals surface area contributed by atoms with E-state index in [1.807, 2.05) is 0 Å². The predicted octanol–water partition coefficient (Wildman–Crippen LogP) is 0.706. The number of nitrogens with zero attached hydrogens (tertiary/aromatic N) is 3. The number of hydrogen-bond donors (Lipinski definition) is 4. The smallest absolute Gasteiger partial charge is 0.276 e. The van der Waals surface area contributed by atoms with Crippen molar-refractivity contribution < 1.29 is 4.79 Å². The van der Waals surface area contributed by atoms with Gasteiger partial charge in [0.15, 0.2) is 5.82 Å². The zero-order chi connectivity index (χ0) is 18.5. The van der Waals surface area contributed by atoms with Gasteiger partial charge in [0.2, 0.25) is 0 Å². The molecule has 4 heterocycles. The lowest BCUT2D eigenvalue weighted by atomic mass is 10.00. The standard InChI is InChI=1S/C16H18ClN7O2/c1-8-5-9(22-13-10(17)12(18)20-7-21-13)15(26)24-11(8)14(25)23-16(24)3-2-4-19-6-16/h5,7,19H,2-4,6H2,1H3,(H,23,25)(H3,18,20,21,22)/t16-/m1/s1. The number of nitrogens with two attached hydrogens (primary N) is 1. The highest BCUT2D eigenvalue weighted by atomic mass is 35.5. The minimum absolute atomic E-state index is 0.118. The average molecular weight is 376 g/mol. The van der Waals surface area contributed by atoms with Crippen LogP contribution in [0, 0.1) is 6.92 Å². The lowest BCUT2D eigenvalue weighted by Gasteiger charge is -2.35. The first-order chi connectivity index (χ1) is 12.4. The van der Waals surface area contributed by atoms with Crippen LogP contribution < -0.4 is 27.2 Å². The van der Waals surface area contributed by atoms with Gasteiger partial charge in [-0.2, -0.15) is 0 Å². The van der Waals surface area contributed by atoms with E-state index in [1.165, 1.54) is 6.33 Å². The summed E-state index contributed by atoms with van der Waals surface area (Å²) in [5.74, 6) is 0.121. The van der Waals surface area contributed by atoms with E-state index in [2.05, 4.69) is 25.9 Å². The number of nitrogen functional groups attached to an aromatic ring is 1. The highest BCUT2D eigenvalue weighted by Gasteiger charge is 2.45. The van der Waals surface area contributed by atoms with Crippen molar-refractivity contribution in [1.29, 1.82) is 0 Å². The van der Waals surface area contributed by atoms with E-state index in [0.29, 0.717) is 24.2 Å². The molecule has 0 aliphatic carbocycles. The van der Waals surface area contributed by atoms with Gasteiger partial charge in [-0.25, -0.2) is 9.97 Å². The average Bonchev–Trinajstić information content (AvgIpc) is 2.89. The third-order valence-corrected chi connectivity index (χ3v) is 5.18. The molecule has 1 fully saturated rings. The maximum absolute atomic E-state index is 13.2. The molecule has 1 saturated heterocycles. The van der Waals surface area contributed by atoms with E-state index in [9.17, 15) is 9.59 Å². The van der Waals surface area contributed by atoms with E-state index in [4.69, 9.17) is 17.3 Å². The summed E-state index contributed by atoms with van der Waals surface area (Å²) in [6.45, 7) is 3.14. The molecular weight excluding hydrogens is 358 g/mol. The highest BCUT2D eigenvalue weighted by molar-refractivity contribution is 6.35. The van der Waals surface area contributed by atoms with Gasteiger partial charge in [-0.1, -0.05) is 11.6 Å². The van der Waals surface area contributed by atoms with Crippen LogP contribution >= 0.6 is 11.6 Å². The molecule has 9 nitrogen and oxygen atoms in total. The lowest BCUT2D eigenvalue weighted by molar-refractivity contribution is 0.0892. The Bertz CT molecular complexity index is 966. The van der Waals surface area contributed by atoms with Crippen molar-refractivity contribution in [1.82, 2.24) is 25.2 Å². The molecule has 0 unspecified atom stereocenters. The summed E-state index contributed by atoms with van der Waals surface area (Å²) < 4.78 is 1.55. The molecule has 0 radical (unpaired) electrons. The van der Waals surface area contributed by atoms with Crippen LogP contribution in [0.3, 0.4) is 0 Å². The molecule has 2 aromatic rings. The number of rotatable bonds is 2. The molecule has 2 aromatic heterocycles. The molecule has 0 saturated carbocycles. The Morgan fingerprint density at radius 3 is 2.92 bits per heavy atom. The number of nitrogens with one attached hydrogen (secondary N) is 3. The van der Waals surface area contributed by atoms with Gasteiger partial charge in [-0.15, -0.1) is 0 Å². The third-order valence-electron chi connectivity index (χ3n) is 4.81. The summed E-state index contributed by atoms with van der Waals surface area (Å²) in [7, 11) is 0. The van der Waals surface area contributed by atoms with Gasteiger partial charge in [0.1, 0.15) is 34.2 Å². The summed E-state index contributed by atoms with van der Waals surface area (Å²) in [5, 5.41) is 9.32. The molecule has 2 aliphatic rings. The molecule has 0 aromatic carbocycles. The van der Waals surface area contributed by atoms with Crippen LogP contribution in [0.2, 0.25) is 5.02 Å². The van der Waals surface area contributed by atoms with Gasteiger partial charge >= 0.3 is 0 Å². The second-order valence-corrected chi connectivity index (χ2v) is 6.92. The fourth-order valence-electron chi connectivity index (χ4n) is 3.64. The summed E-state index contributed by atoms with van der Waals surface area (Å²) in [5.41, 5.74) is 5.97. The van der Waals surface area contributed by atoms with Crippen molar-refractivity contribution in [3.63, 3.8) is 0 Å². The normalized spacial score (nSPS) is 21.5. The van der Waals surface area contributed by atoms with Crippen molar-refractivity contribution in [3.8, 4) is 0 Å². The molecule has 4 rings (SSSR count). The summed E-state index contributed by atoms with van der Waals surface area (Å²) in [6.07, 6.45) is 2.80. The largest absolute Gasteiger partial charge is 0.382 e. The zero-order valence-electron chi connectivity index (χ0n) is 14.1. The minimum Gasteiger partial charge on any atom is -0.382 e. The number of carbonyl (C=O) groups is 1. The molecule has 1 atom stereocenters. The zero-order valence-corrected chi connectivity index (χ0v) is 14.9. The summed E-state index contributed by atoms with van der Waals surface area (Å²) >= 11 is 6.12. The Morgan fingerprint density at radius 1 is 1.38 bits per heavy atom. The van der Waals surface area contributed by atoms with Crippen LogP contribution in [0.5, 0.6) is 0 Å². The predicted molar refractivity (Wildman–Crippen MR) is 97.7 cm³/mol. The Labute approximate surface area is 154 Å². The molecular formula is C16H18ClN7O2. The van der Waals surface area contributed by atoms with Crippen LogP contribution in [0.15, 0.2) is 17.2 Å². The first-order valence-corrected chi connectivity index (χ1v) is 8.64. The van der Waals surface area contributed by atoms with E-state index < -0.39 is 5.66 Å². The Hall–Kier alpha value is -2.65. The van der Waals surface area contributed by atoms with Crippen molar-refractivity contribution in [3.05, 3.63) is 39.0 Å². The molecule has 136 valence electrons. The van der Waals surface area contributed by atoms with Crippen LogP contribution in [-0.4, -0.2) is 33.5 Å². The van der Waals surface area contributed by atoms with E-state index in [1.54, 1.807) is 17.6 Å². The number of pyridine rings is 1. The molecule has 2 aliphatic heterocycles. The number of halogens is 1. The van der Waals surface area contributed by atoms with Crippen molar-refractivity contribution in [2.75, 3.05) is 24.1 Å². The van der Waals surface area contributed by atoms with Gasteiger partial charge in [0.25, 0.3) is 11.5 Å². The first-order valence-electron chi connectivity index (χ1n) is 8.26. The third kappa shape index (κ3) is 2.43. The topological polar surface area (TPSA) is 127 Å². The number of aromatic nitrogens is 3. The second kappa shape index (κ2) is 5.96. The van der Waals surface area contributed by atoms with Crippen molar-refractivity contribution >= 4 is 34.8 Å². The van der Waals surface area contributed by atoms with Crippen LogP contribution in [-0.2, 0) is 5.66 Å². The SMILES string of the molecule is Cc1cc(Nc2ncnc(N)c2Cl)c(=O)n2c1C(=O)N[C@]21CCCNC1. The van der Waals surface area contributed by atoms with Gasteiger partial charge in [-0.05, 0) is 37.9 Å². The van der Waals surface area contributed by atoms with Gasteiger partial charge < -0.3 is 21.7 Å². The molecule has 1 amide bonds. The fourth-order valence-corrected chi connectivity index (χ4v) is 3.78. The number of anilines is 3. The summed E-state index contributed by atoms with van der Waals surface area (Å²) in [6, 6.07) is 1.62. The Kier molecular flexibility index (Phi) is 3.85. The molecule has 26 heavy (non-hydrogen) atoms. The van der Waals surface area contributed by atoms with Crippen molar-refractivity contribution in [2.24, 2.45) is 0 Å². The Balaban J connectivity index is 1.86. The number of aryl methyl sites for hydroxylation is 1. The first kappa shape index (κ1) is 16.8. The Morgan fingerprint density at radius 2 is 2.19 bits per heavy atom. The minimum atomic E-state index is -0.751. The van der Waals surface area contributed by atoms with Gasteiger partial charge in [0, 0.05) is 6.54 Å². The second-order valence-electron chi connectivity index (χ2n) is 6.54. The van der Waals surface area contributed by atoms with E-state index in [0.717, 1.165) is 13.0 Å². The van der Waals surface area contributed by atoms with E-state index in [-0.39, 0.29) is 33.8 Å². The lowest BCUT2D eigenvalue weighted by Crippen LogP contribution is -2.56. The highest BCUT2D eigenvalue weighted by Crippen LogP contribution is 2.31. The van der Waals surface area contributed by atoms with Gasteiger partial charge in [0.05, 0.1) is 0 Å². The van der Waals surface area contributed by atoms with E-state index >= 15 is 0 Å². The number of piperidine rings is 1. The maximum Gasteiger partial charge on any atom is 0.276 e. The fraction of sp³-hybridized carbons (Fsp3) is 0.375. The molecule has 1 spiro atoms. The molecule has 5 N–H and O–H groups in total. The number of fused-ring (bicyclic) bond motifs is 2. The number of carbonyl (C=O) groups excluding carboxylic acids is 1. The maximum atomic E-state index is 13.2. The number of amides is 1. The quantitative estimate of drug-likeness (QED) is 0.608. The van der Waals surface area contributed by atoms with Crippen LogP contribution in [0.4, 0.5) is 17.3 Å². The molecule has 0 bridgehead atoms. The molecule has 10 heteroatoms. The van der Waals surface area contributed by atoms with Crippen LogP contribution in [0.1, 0.15) is 28.9 Å². The summed E-state index contributed by atoms with van der Waals surface area (Å²) in [4.78, 5) is 33.5. The number of hydrogen-bond acceptors (Lipinski definition) is 7.